The summed E-state index contributed by atoms with van der Waals surface area (Å²) in [7, 11) is 0. The largest absolute Gasteiger partial charge is 0.290 e. The summed E-state index contributed by atoms with van der Waals surface area (Å²) < 4.78 is 0. The van der Waals surface area contributed by atoms with Crippen molar-refractivity contribution in [2.24, 2.45) is 5.92 Å². The molecule has 168 valence electrons. The number of fused-ring (bicyclic) bond motifs is 1. The summed E-state index contributed by atoms with van der Waals surface area (Å²) in [5.41, 5.74) is 5.43. The molecule has 0 saturated carbocycles. The van der Waals surface area contributed by atoms with Gasteiger partial charge in [0.25, 0.3) is 5.91 Å². The van der Waals surface area contributed by atoms with Crippen molar-refractivity contribution in [3.63, 3.8) is 0 Å². The Morgan fingerprint density at radius 1 is 0.941 bits per heavy atom. The van der Waals surface area contributed by atoms with Crippen LogP contribution in [0.25, 0.3) is 28.7 Å². The van der Waals surface area contributed by atoms with E-state index in [-0.39, 0.29) is 17.8 Å². The van der Waals surface area contributed by atoms with E-state index in [0.717, 1.165) is 16.7 Å². The molecule has 6 nitrogen and oxygen atoms in total. The molecule has 1 atom stereocenters. The lowest BCUT2D eigenvalue weighted by Gasteiger charge is -2.18. The minimum atomic E-state index is -0.249. The van der Waals surface area contributed by atoms with Gasteiger partial charge >= 0.3 is 0 Å². The second kappa shape index (κ2) is 8.98. The third kappa shape index (κ3) is 4.22. The number of pyridine rings is 1. The van der Waals surface area contributed by atoms with Crippen LogP contribution in [0.3, 0.4) is 0 Å². The van der Waals surface area contributed by atoms with Gasteiger partial charge in [-0.1, -0.05) is 62.4 Å². The molecule has 1 unspecified atom stereocenters. The van der Waals surface area contributed by atoms with Crippen LogP contribution in [-0.2, 0) is 0 Å². The van der Waals surface area contributed by atoms with Gasteiger partial charge in [-0.25, -0.2) is 4.98 Å². The first kappa shape index (κ1) is 21.6. The summed E-state index contributed by atoms with van der Waals surface area (Å²) in [4.78, 5) is 31.0. The number of allylic oxidation sites excluding steroid dienone is 1. The summed E-state index contributed by atoms with van der Waals surface area (Å²) in [6.45, 7) is 6.17. The van der Waals surface area contributed by atoms with E-state index >= 15 is 0 Å². The fourth-order valence-electron chi connectivity index (χ4n) is 4.32. The van der Waals surface area contributed by atoms with Gasteiger partial charge in [0.2, 0.25) is 5.95 Å². The van der Waals surface area contributed by atoms with Crippen LogP contribution in [0.5, 0.6) is 0 Å². The van der Waals surface area contributed by atoms with E-state index in [0.29, 0.717) is 28.8 Å². The second-order valence-corrected chi connectivity index (χ2v) is 8.72. The number of benzene rings is 2. The monoisotopic (exact) mass is 447 g/mol. The van der Waals surface area contributed by atoms with Gasteiger partial charge in [-0.15, -0.1) is 0 Å². The first-order valence-corrected chi connectivity index (χ1v) is 11.4. The minimum Gasteiger partial charge on any atom is -0.290 e. The number of aromatic nitrogens is 4. The highest BCUT2D eigenvalue weighted by atomic mass is 16.1. The van der Waals surface area contributed by atoms with Crippen molar-refractivity contribution >= 4 is 17.9 Å². The number of amides is 1. The highest BCUT2D eigenvalue weighted by Crippen LogP contribution is 2.40. The highest BCUT2D eigenvalue weighted by Gasteiger charge is 2.26. The van der Waals surface area contributed by atoms with Crippen molar-refractivity contribution in [2.75, 3.05) is 5.32 Å². The molecular formula is C28H25N5O. The average Bonchev–Trinajstić information content (AvgIpc) is 3.28. The molecule has 1 aliphatic rings. The zero-order chi connectivity index (χ0) is 23.7. The van der Waals surface area contributed by atoms with Crippen LogP contribution >= 0.6 is 0 Å². The average molecular weight is 448 g/mol. The molecule has 2 heterocycles. The molecule has 0 fully saturated rings. The van der Waals surface area contributed by atoms with Gasteiger partial charge in [0.15, 0.2) is 5.82 Å². The molecule has 0 radical (unpaired) electrons. The van der Waals surface area contributed by atoms with Gasteiger partial charge in [-0.3, -0.25) is 15.1 Å². The molecule has 4 aromatic rings. The van der Waals surface area contributed by atoms with E-state index in [4.69, 9.17) is 0 Å². The molecule has 6 heteroatoms. The number of nitrogens with one attached hydrogen (secondary N) is 1. The smallest absolute Gasteiger partial charge is 0.258 e. The lowest BCUT2D eigenvalue weighted by molar-refractivity contribution is 0.102. The molecule has 1 N–H and O–H groups in total. The van der Waals surface area contributed by atoms with E-state index in [1.807, 2.05) is 42.5 Å². The molecular weight excluding hydrogens is 422 g/mol. The molecule has 1 aliphatic carbocycles. The summed E-state index contributed by atoms with van der Waals surface area (Å²) in [5.74, 6) is 1.58. The molecule has 0 bridgehead atoms. The Morgan fingerprint density at radius 2 is 1.74 bits per heavy atom. The van der Waals surface area contributed by atoms with Crippen LogP contribution in [0.15, 0.2) is 72.9 Å². The van der Waals surface area contributed by atoms with Crippen LogP contribution in [0.4, 0.5) is 5.95 Å². The number of hydrogen-bond acceptors (Lipinski definition) is 5. The topological polar surface area (TPSA) is 80.7 Å². The maximum Gasteiger partial charge on any atom is 0.258 e. The quantitative estimate of drug-likeness (QED) is 0.410. The Balaban J connectivity index is 1.55. The molecule has 34 heavy (non-hydrogen) atoms. The number of rotatable bonds is 5. The Labute approximate surface area is 198 Å². The van der Waals surface area contributed by atoms with Crippen LogP contribution in [0.1, 0.15) is 47.1 Å². The summed E-state index contributed by atoms with van der Waals surface area (Å²) in [6, 6.07) is 19.8. The van der Waals surface area contributed by atoms with Crippen LogP contribution in [-0.4, -0.2) is 25.8 Å². The Morgan fingerprint density at radius 3 is 2.47 bits per heavy atom. The molecule has 1 amide bonds. The third-order valence-corrected chi connectivity index (χ3v) is 5.98. The molecule has 0 saturated heterocycles. The molecule has 0 aliphatic heterocycles. The van der Waals surface area contributed by atoms with Crippen molar-refractivity contribution < 1.29 is 4.79 Å². The van der Waals surface area contributed by atoms with Gasteiger partial charge in [0, 0.05) is 17.7 Å². The van der Waals surface area contributed by atoms with Gasteiger partial charge in [-0.2, -0.15) is 9.97 Å². The Hall–Kier alpha value is -4.19. The number of carbonyl (C=O) groups is 1. The van der Waals surface area contributed by atoms with E-state index in [2.05, 4.69) is 69.5 Å². The van der Waals surface area contributed by atoms with E-state index in [9.17, 15) is 4.79 Å². The number of hydrogen-bond donors (Lipinski definition) is 1. The summed E-state index contributed by atoms with van der Waals surface area (Å²) in [5, 5.41) is 2.90. The van der Waals surface area contributed by atoms with Crippen molar-refractivity contribution in [1.29, 1.82) is 0 Å². The molecule has 5 rings (SSSR count). The normalized spacial score (nSPS) is 14.3. The SMILES string of the molecule is Cc1nc(NC(=O)c2cc(-c3ccccc3)cc3c2C=CC3C(C)C)nc(-c2ccccn2)n1. The van der Waals surface area contributed by atoms with E-state index < -0.39 is 0 Å². The number of nitrogens with zero attached hydrogens (tertiary/aromatic N) is 4. The maximum atomic E-state index is 13.5. The molecule has 2 aromatic carbocycles. The Bertz CT molecular complexity index is 1380. The van der Waals surface area contributed by atoms with Crippen molar-refractivity contribution in [2.45, 2.75) is 26.7 Å². The lowest BCUT2D eigenvalue weighted by atomic mass is 9.86. The zero-order valence-corrected chi connectivity index (χ0v) is 19.4. The predicted molar refractivity (Wildman–Crippen MR) is 134 cm³/mol. The standard InChI is InChI=1S/C28H25N5O/c1-17(2)21-12-13-22-23(21)15-20(19-9-5-4-6-10-19)16-24(22)27(34)33-28-31-18(3)30-26(32-28)25-11-7-8-14-29-25/h4-17,21H,1-3H3,(H,30,31,32,33,34). The fraction of sp³-hybridized carbons (Fsp3) is 0.179. The van der Waals surface area contributed by atoms with Gasteiger partial charge in [0.1, 0.15) is 11.5 Å². The molecule has 0 spiro atoms. The van der Waals surface area contributed by atoms with Crippen molar-refractivity contribution in [3.8, 4) is 22.6 Å². The summed E-state index contributed by atoms with van der Waals surface area (Å²) in [6.07, 6.45) is 5.93. The predicted octanol–water partition coefficient (Wildman–Crippen LogP) is 5.93. The van der Waals surface area contributed by atoms with Crippen LogP contribution < -0.4 is 5.32 Å². The van der Waals surface area contributed by atoms with Gasteiger partial charge in [-0.05, 0) is 59.4 Å². The van der Waals surface area contributed by atoms with Crippen molar-refractivity contribution in [3.05, 3.63) is 95.5 Å². The number of anilines is 1. The second-order valence-electron chi connectivity index (χ2n) is 8.72. The summed E-state index contributed by atoms with van der Waals surface area (Å²) >= 11 is 0. The highest BCUT2D eigenvalue weighted by molar-refractivity contribution is 6.07. The van der Waals surface area contributed by atoms with E-state index in [1.165, 1.54) is 5.56 Å². The fourth-order valence-corrected chi connectivity index (χ4v) is 4.32. The van der Waals surface area contributed by atoms with E-state index in [1.54, 1.807) is 13.1 Å². The van der Waals surface area contributed by atoms with Gasteiger partial charge < -0.3 is 0 Å². The first-order valence-electron chi connectivity index (χ1n) is 11.4. The van der Waals surface area contributed by atoms with Crippen LogP contribution in [0.2, 0.25) is 0 Å². The third-order valence-electron chi connectivity index (χ3n) is 5.98. The Kier molecular flexibility index (Phi) is 5.72. The molecule has 2 aromatic heterocycles. The zero-order valence-electron chi connectivity index (χ0n) is 19.4. The minimum absolute atomic E-state index is 0.208. The maximum absolute atomic E-state index is 13.5. The first-order chi connectivity index (χ1) is 16.5. The number of carbonyl (C=O) groups excluding carboxylic acids is 1. The lowest BCUT2D eigenvalue weighted by Crippen LogP contribution is -2.17. The van der Waals surface area contributed by atoms with Crippen molar-refractivity contribution in [1.82, 2.24) is 19.9 Å². The van der Waals surface area contributed by atoms with Gasteiger partial charge in [0.05, 0.1) is 0 Å². The number of aryl methyl sites for hydroxylation is 1. The van der Waals surface area contributed by atoms with Crippen LogP contribution in [0, 0.1) is 12.8 Å².